The quantitative estimate of drug-likeness (QED) is 0.801. The van der Waals surface area contributed by atoms with Crippen molar-refractivity contribution in [2.24, 2.45) is 0 Å². The molecule has 0 spiro atoms. The van der Waals surface area contributed by atoms with Crippen molar-refractivity contribution in [2.75, 3.05) is 19.6 Å². The second-order valence-corrected chi connectivity index (χ2v) is 6.68. The van der Waals surface area contributed by atoms with Crippen molar-refractivity contribution in [1.29, 1.82) is 0 Å². The number of rotatable bonds is 1. The van der Waals surface area contributed by atoms with Crippen LogP contribution in [-0.2, 0) is 11.2 Å². The highest BCUT2D eigenvalue weighted by atomic mass is 35.5. The molecule has 2 aliphatic heterocycles. The Bertz CT molecular complexity index is 806. The van der Waals surface area contributed by atoms with Crippen molar-refractivity contribution >= 4 is 23.4 Å². The van der Waals surface area contributed by atoms with Crippen LogP contribution in [0, 0.1) is 0 Å². The Hall–Kier alpha value is -2.33. The maximum absolute atomic E-state index is 12.7. The Balaban J connectivity index is 1.66. The van der Waals surface area contributed by atoms with Crippen LogP contribution in [0.2, 0.25) is 5.02 Å². The zero-order chi connectivity index (χ0) is 16.7. The first-order valence-electron chi connectivity index (χ1n) is 8.05. The number of nitrogens with zero attached hydrogens (tertiary/aromatic N) is 2. The molecule has 24 heavy (non-hydrogen) atoms. The predicted octanol–water partition coefficient (Wildman–Crippen LogP) is 2.92. The molecule has 2 heterocycles. The van der Waals surface area contributed by atoms with Crippen molar-refractivity contribution < 1.29 is 9.59 Å². The average Bonchev–Trinajstić information content (AvgIpc) is 2.61. The third kappa shape index (κ3) is 2.57. The van der Waals surface area contributed by atoms with Gasteiger partial charge >= 0.3 is 0 Å². The number of carbonyl (C=O) groups excluding carboxylic acids is 2. The summed E-state index contributed by atoms with van der Waals surface area (Å²) in [5.74, 6) is -0.0982. The van der Waals surface area contributed by atoms with E-state index in [9.17, 15) is 9.59 Å². The van der Waals surface area contributed by atoms with E-state index in [1.54, 1.807) is 17.0 Å². The summed E-state index contributed by atoms with van der Waals surface area (Å²) in [6.07, 6.45) is 0.835. The second kappa shape index (κ2) is 5.95. The van der Waals surface area contributed by atoms with Crippen LogP contribution in [-0.4, -0.2) is 41.2 Å². The number of benzene rings is 2. The summed E-state index contributed by atoms with van der Waals surface area (Å²) in [4.78, 5) is 28.8. The number of amides is 2. The van der Waals surface area contributed by atoms with Crippen LogP contribution >= 0.6 is 11.6 Å². The smallest absolute Gasteiger partial charge is 0.254 e. The van der Waals surface area contributed by atoms with Gasteiger partial charge in [-0.1, -0.05) is 35.9 Å². The van der Waals surface area contributed by atoms with Gasteiger partial charge in [-0.3, -0.25) is 9.59 Å². The van der Waals surface area contributed by atoms with E-state index in [0.717, 1.165) is 12.0 Å². The molecule has 1 saturated heterocycles. The molecule has 0 radical (unpaired) electrons. The molecule has 2 aromatic carbocycles. The highest BCUT2D eigenvalue weighted by Gasteiger charge is 2.38. The van der Waals surface area contributed by atoms with Gasteiger partial charge in [-0.15, -0.1) is 0 Å². The lowest BCUT2D eigenvalue weighted by Gasteiger charge is -2.44. The first kappa shape index (κ1) is 15.2. The van der Waals surface area contributed by atoms with Crippen molar-refractivity contribution in [2.45, 2.75) is 12.5 Å². The van der Waals surface area contributed by atoms with Crippen molar-refractivity contribution in [3.8, 4) is 0 Å². The topological polar surface area (TPSA) is 40.6 Å². The van der Waals surface area contributed by atoms with Crippen LogP contribution in [0.15, 0.2) is 48.5 Å². The molecule has 1 unspecified atom stereocenters. The normalized spacial score (nSPS) is 19.7. The molecule has 2 amide bonds. The molecule has 5 heteroatoms. The fraction of sp³-hybridized carbons (Fsp3) is 0.263. The molecule has 0 aliphatic carbocycles. The van der Waals surface area contributed by atoms with E-state index in [-0.39, 0.29) is 24.4 Å². The molecule has 4 rings (SSSR count). The van der Waals surface area contributed by atoms with Crippen LogP contribution in [0.3, 0.4) is 0 Å². The highest BCUT2D eigenvalue weighted by Crippen LogP contribution is 2.35. The molecule has 0 N–H and O–H groups in total. The predicted molar refractivity (Wildman–Crippen MR) is 92.0 cm³/mol. The Labute approximate surface area is 145 Å². The van der Waals surface area contributed by atoms with Crippen LogP contribution in [0.4, 0.5) is 0 Å². The van der Waals surface area contributed by atoms with Gasteiger partial charge in [-0.25, -0.2) is 0 Å². The third-order valence-electron chi connectivity index (χ3n) is 4.81. The van der Waals surface area contributed by atoms with E-state index in [0.29, 0.717) is 23.7 Å². The molecule has 2 aromatic rings. The maximum Gasteiger partial charge on any atom is 0.254 e. The molecule has 4 nitrogen and oxygen atoms in total. The number of piperazine rings is 1. The molecular formula is C19H17ClN2O2. The minimum absolute atomic E-state index is 0.00107. The lowest BCUT2D eigenvalue weighted by Crippen LogP contribution is -2.55. The molecule has 122 valence electrons. The van der Waals surface area contributed by atoms with Crippen LogP contribution < -0.4 is 0 Å². The molecule has 0 bridgehead atoms. The van der Waals surface area contributed by atoms with E-state index in [4.69, 9.17) is 11.6 Å². The minimum Gasteiger partial charge on any atom is -0.332 e. The van der Waals surface area contributed by atoms with Gasteiger partial charge in [0, 0.05) is 23.7 Å². The fourth-order valence-electron chi connectivity index (χ4n) is 3.61. The summed E-state index contributed by atoms with van der Waals surface area (Å²) in [7, 11) is 0. The molecule has 1 atom stereocenters. The fourth-order valence-corrected chi connectivity index (χ4v) is 3.79. The lowest BCUT2D eigenvalue weighted by atomic mass is 9.90. The van der Waals surface area contributed by atoms with E-state index in [1.165, 1.54) is 5.56 Å². The zero-order valence-electron chi connectivity index (χ0n) is 13.1. The van der Waals surface area contributed by atoms with Gasteiger partial charge in [0.05, 0.1) is 6.04 Å². The Morgan fingerprint density at radius 3 is 2.71 bits per heavy atom. The summed E-state index contributed by atoms with van der Waals surface area (Å²) in [6, 6.07) is 14.8. The highest BCUT2D eigenvalue weighted by molar-refractivity contribution is 6.30. The Kier molecular flexibility index (Phi) is 3.77. The Morgan fingerprint density at radius 2 is 1.92 bits per heavy atom. The summed E-state index contributed by atoms with van der Waals surface area (Å²) in [5.41, 5.74) is 2.89. The van der Waals surface area contributed by atoms with Crippen LogP contribution in [0.25, 0.3) is 0 Å². The summed E-state index contributed by atoms with van der Waals surface area (Å²) < 4.78 is 0. The monoisotopic (exact) mass is 340 g/mol. The van der Waals surface area contributed by atoms with Gasteiger partial charge in [-0.05, 0) is 41.8 Å². The van der Waals surface area contributed by atoms with Gasteiger partial charge in [0.1, 0.15) is 6.54 Å². The first-order valence-corrected chi connectivity index (χ1v) is 8.43. The van der Waals surface area contributed by atoms with Crippen molar-refractivity contribution in [3.63, 3.8) is 0 Å². The molecule has 1 fully saturated rings. The molecule has 0 aromatic heterocycles. The third-order valence-corrected chi connectivity index (χ3v) is 5.05. The summed E-state index contributed by atoms with van der Waals surface area (Å²) >= 11 is 6.16. The standard InChI is InChI=1S/C19H17ClN2O2/c20-15-7-6-13-8-9-22-17(16(13)10-15)11-21(12-18(22)23)19(24)14-4-2-1-3-5-14/h1-7,10,17H,8-9,11-12H2. The van der Waals surface area contributed by atoms with Gasteiger partial charge in [0.2, 0.25) is 5.91 Å². The van der Waals surface area contributed by atoms with Gasteiger partial charge in [0.25, 0.3) is 5.91 Å². The second-order valence-electron chi connectivity index (χ2n) is 6.25. The maximum atomic E-state index is 12.7. The van der Waals surface area contributed by atoms with Gasteiger partial charge in [-0.2, -0.15) is 0 Å². The van der Waals surface area contributed by atoms with Crippen molar-refractivity contribution in [1.82, 2.24) is 9.80 Å². The molecule has 0 saturated carbocycles. The van der Waals surface area contributed by atoms with Crippen LogP contribution in [0.5, 0.6) is 0 Å². The average molecular weight is 341 g/mol. The van der Waals surface area contributed by atoms with Crippen molar-refractivity contribution in [3.05, 3.63) is 70.2 Å². The number of halogens is 1. The number of hydrogen-bond acceptors (Lipinski definition) is 2. The molecule has 2 aliphatic rings. The number of carbonyl (C=O) groups is 2. The SMILES string of the molecule is O=C(c1ccccc1)N1CC(=O)N2CCc3ccc(Cl)cc3C2C1. The largest absolute Gasteiger partial charge is 0.332 e. The molecular weight excluding hydrogens is 324 g/mol. The zero-order valence-corrected chi connectivity index (χ0v) is 13.9. The summed E-state index contributed by atoms with van der Waals surface area (Å²) in [6.45, 7) is 1.35. The van der Waals surface area contributed by atoms with Gasteiger partial charge < -0.3 is 9.80 Å². The van der Waals surface area contributed by atoms with E-state index in [1.807, 2.05) is 41.3 Å². The van der Waals surface area contributed by atoms with E-state index < -0.39 is 0 Å². The summed E-state index contributed by atoms with van der Waals surface area (Å²) in [5, 5.41) is 0.662. The van der Waals surface area contributed by atoms with Crippen LogP contribution in [0.1, 0.15) is 27.5 Å². The van der Waals surface area contributed by atoms with E-state index in [2.05, 4.69) is 0 Å². The van der Waals surface area contributed by atoms with Gasteiger partial charge in [0.15, 0.2) is 0 Å². The first-order chi connectivity index (χ1) is 11.6. The minimum atomic E-state index is -0.110. The Morgan fingerprint density at radius 1 is 1.12 bits per heavy atom. The van der Waals surface area contributed by atoms with E-state index >= 15 is 0 Å². The lowest BCUT2D eigenvalue weighted by molar-refractivity contribution is -0.139. The number of hydrogen-bond donors (Lipinski definition) is 0. The number of fused-ring (bicyclic) bond motifs is 3.